The summed E-state index contributed by atoms with van der Waals surface area (Å²) in [5, 5.41) is 1.12. The molecule has 0 fully saturated rings. The SMILES string of the molecule is [2H]c1c([2H])c([2H])c(-c2cc(C(C)(C)C)ccc2N2c3ccc(C(C)(C)C)cc3B3c4oc5cc6c(cc5c4N(c4ccc5c(c4)C(C)(C)CCC5(C)C)c4cc(C)cc2c43)C(C)(C)CCC6(C)C)c([2H])c1[2H]. The van der Waals surface area contributed by atoms with Crippen molar-refractivity contribution in [2.45, 2.75) is 162 Å². The summed E-state index contributed by atoms with van der Waals surface area (Å²) in [6, 6.07) is 28.4. The molecule has 3 nitrogen and oxygen atoms in total. The molecular weight excluding hydrogens is 812 g/mol. The van der Waals surface area contributed by atoms with E-state index in [0.29, 0.717) is 5.56 Å². The molecule has 1 aromatic heterocycles. The standard InChI is InChI=1S/C63H71BN2O/c1-38-31-52-55-53(32-38)66(50-25-21-40(58(2,3)4)33-43(50)39-19-17-16-18-20-39)51-26-22-41(59(5,6)7)34-49(51)64(55)57-56(44-36-47-48(37-54(44)67-57)63(14,15)30-29-62(47,12)13)65(52)42-23-24-45-46(35-42)61(10,11)28-27-60(45,8)9/h16-26,31-37H,27-30H2,1-15H3/i16D,17D,18D,19D,20D. The molecule has 0 unspecified atom stereocenters. The largest absolute Gasteiger partial charge is 0.468 e. The van der Waals surface area contributed by atoms with Gasteiger partial charge in [-0.05, 0) is 175 Å². The lowest BCUT2D eigenvalue weighted by Crippen LogP contribution is -2.61. The van der Waals surface area contributed by atoms with Crippen LogP contribution in [0.5, 0.6) is 0 Å². The minimum atomic E-state index is -0.403. The Hall–Kier alpha value is -5.48. The lowest BCUT2D eigenvalue weighted by atomic mass is 9.35. The normalized spacial score (nSPS) is 19.6. The van der Waals surface area contributed by atoms with Gasteiger partial charge in [-0.25, -0.2) is 0 Å². The summed E-state index contributed by atoms with van der Waals surface area (Å²) in [5.74, 6) is 0. The van der Waals surface area contributed by atoms with Crippen LogP contribution in [0.25, 0.3) is 22.1 Å². The molecule has 6 aromatic carbocycles. The van der Waals surface area contributed by atoms with Gasteiger partial charge in [-0.1, -0.05) is 151 Å². The zero-order chi connectivity index (χ0) is 51.9. The fraction of sp³-hybridized carbons (Fsp3) is 0.397. The van der Waals surface area contributed by atoms with E-state index in [2.05, 4.69) is 193 Å². The summed E-state index contributed by atoms with van der Waals surface area (Å²) in [4.78, 5) is 4.84. The highest BCUT2D eigenvalue weighted by molar-refractivity contribution is 7.00. The highest BCUT2D eigenvalue weighted by atomic mass is 16.3. The Labute approximate surface area is 409 Å². The maximum atomic E-state index is 9.41. The fourth-order valence-electron chi connectivity index (χ4n) is 12.2. The maximum Gasteiger partial charge on any atom is 0.297 e. The van der Waals surface area contributed by atoms with Crippen molar-refractivity contribution in [3.63, 3.8) is 0 Å². The lowest BCUT2D eigenvalue weighted by molar-refractivity contribution is 0.332. The van der Waals surface area contributed by atoms with Crippen molar-refractivity contribution in [2.24, 2.45) is 0 Å². The van der Waals surface area contributed by atoms with Crippen molar-refractivity contribution in [1.29, 1.82) is 0 Å². The minimum absolute atomic E-state index is 0.0176. The minimum Gasteiger partial charge on any atom is -0.468 e. The highest BCUT2D eigenvalue weighted by Gasteiger charge is 2.49. The van der Waals surface area contributed by atoms with E-state index in [4.69, 9.17) is 8.53 Å². The van der Waals surface area contributed by atoms with Crippen LogP contribution in [0, 0.1) is 6.92 Å². The van der Waals surface area contributed by atoms with Gasteiger partial charge in [0.05, 0.1) is 23.9 Å². The van der Waals surface area contributed by atoms with Crippen molar-refractivity contribution in [3.8, 4) is 11.1 Å². The van der Waals surface area contributed by atoms with E-state index < -0.39 is 6.04 Å². The molecule has 0 saturated carbocycles. The van der Waals surface area contributed by atoms with Gasteiger partial charge in [-0.3, -0.25) is 0 Å². The topological polar surface area (TPSA) is 19.6 Å². The first-order valence-corrected chi connectivity index (χ1v) is 24.8. The molecule has 0 N–H and O–H groups in total. The van der Waals surface area contributed by atoms with Crippen molar-refractivity contribution in [3.05, 3.63) is 148 Å². The van der Waals surface area contributed by atoms with Crippen molar-refractivity contribution in [1.82, 2.24) is 0 Å². The number of hydrogen-bond acceptors (Lipinski definition) is 3. The van der Waals surface area contributed by atoms with Gasteiger partial charge < -0.3 is 14.2 Å². The van der Waals surface area contributed by atoms with Crippen LogP contribution < -0.4 is 26.4 Å². The van der Waals surface area contributed by atoms with E-state index in [0.717, 1.165) is 98.5 Å². The predicted octanol–water partition coefficient (Wildman–Crippen LogP) is 15.8. The maximum absolute atomic E-state index is 9.41. The number of nitrogens with zero attached hydrogens (tertiary/aromatic N) is 2. The van der Waals surface area contributed by atoms with Crippen molar-refractivity contribution in [2.75, 3.05) is 9.80 Å². The van der Waals surface area contributed by atoms with E-state index in [-0.39, 0.29) is 68.9 Å². The second-order valence-corrected chi connectivity index (χ2v) is 25.3. The number of fused-ring (bicyclic) bond motifs is 8. The Balaban J connectivity index is 1.29. The summed E-state index contributed by atoms with van der Waals surface area (Å²) >= 11 is 0. The monoisotopic (exact) mass is 888 g/mol. The second kappa shape index (κ2) is 14.3. The third-order valence-electron chi connectivity index (χ3n) is 16.6. The Morgan fingerprint density at radius 1 is 0.552 bits per heavy atom. The molecule has 0 spiro atoms. The molecule has 0 saturated heterocycles. The Bertz CT molecular complexity index is 3460. The summed E-state index contributed by atoms with van der Waals surface area (Å²) in [7, 11) is 0. The van der Waals surface area contributed by atoms with Crippen LogP contribution >= 0.6 is 0 Å². The molecule has 4 heteroatoms. The molecule has 2 aliphatic carbocycles. The number of hydrogen-bond donors (Lipinski definition) is 0. The Morgan fingerprint density at radius 3 is 1.70 bits per heavy atom. The molecule has 3 heterocycles. The molecule has 0 atom stereocenters. The molecule has 2 aliphatic heterocycles. The van der Waals surface area contributed by atoms with E-state index in [1.807, 2.05) is 0 Å². The Kier molecular flexibility index (Phi) is 8.21. The fourth-order valence-corrected chi connectivity index (χ4v) is 12.2. The third kappa shape index (κ3) is 6.73. The van der Waals surface area contributed by atoms with Gasteiger partial charge >= 0.3 is 0 Å². The molecule has 0 radical (unpaired) electrons. The van der Waals surface area contributed by atoms with E-state index in [9.17, 15) is 2.74 Å². The molecule has 0 amide bonds. The number of furan rings is 1. The van der Waals surface area contributed by atoms with Gasteiger partial charge in [0.2, 0.25) is 0 Å². The summed E-state index contributed by atoms with van der Waals surface area (Å²) < 4.78 is 52.8. The van der Waals surface area contributed by atoms with Crippen LogP contribution in [0.15, 0.2) is 113 Å². The molecule has 0 bridgehead atoms. The quantitative estimate of drug-likeness (QED) is 0.165. The number of anilines is 6. The Morgan fingerprint density at radius 2 is 1.09 bits per heavy atom. The van der Waals surface area contributed by atoms with Gasteiger partial charge in [0.25, 0.3) is 6.71 Å². The first-order chi connectivity index (χ1) is 33.4. The molecular formula is C63H71BN2O. The van der Waals surface area contributed by atoms with Crippen LogP contribution in [-0.2, 0) is 32.5 Å². The summed E-state index contributed by atoms with van der Waals surface area (Å²) in [5.41, 5.74) is 19.1. The zero-order valence-electron chi connectivity index (χ0n) is 47.7. The number of benzene rings is 6. The predicted molar refractivity (Wildman–Crippen MR) is 288 cm³/mol. The van der Waals surface area contributed by atoms with Gasteiger partial charge in [-0.15, -0.1) is 0 Å². The molecule has 342 valence electrons. The first kappa shape index (κ1) is 38.5. The number of aryl methyl sites for hydroxylation is 1. The van der Waals surface area contributed by atoms with Gasteiger partial charge in [0.1, 0.15) is 5.58 Å². The summed E-state index contributed by atoms with van der Waals surface area (Å²) in [6.07, 6.45) is 4.43. The van der Waals surface area contributed by atoms with E-state index in [1.165, 1.54) is 27.8 Å². The van der Waals surface area contributed by atoms with Crippen LogP contribution in [0.3, 0.4) is 0 Å². The van der Waals surface area contributed by atoms with Gasteiger partial charge in [-0.2, -0.15) is 0 Å². The van der Waals surface area contributed by atoms with Crippen LogP contribution in [0.4, 0.5) is 34.1 Å². The van der Waals surface area contributed by atoms with Gasteiger partial charge in [0, 0.05) is 33.7 Å². The first-order valence-electron chi connectivity index (χ1n) is 27.3. The molecule has 7 aromatic rings. The van der Waals surface area contributed by atoms with Crippen LogP contribution in [0.2, 0.25) is 0 Å². The molecule has 11 rings (SSSR count). The van der Waals surface area contributed by atoms with Crippen LogP contribution in [0.1, 0.15) is 168 Å². The molecule has 67 heavy (non-hydrogen) atoms. The summed E-state index contributed by atoms with van der Waals surface area (Å²) in [6.45, 7) is 34.3. The third-order valence-corrected chi connectivity index (χ3v) is 16.6. The van der Waals surface area contributed by atoms with Crippen molar-refractivity contribution < 1.29 is 11.3 Å². The van der Waals surface area contributed by atoms with Gasteiger partial charge in [0.15, 0.2) is 0 Å². The zero-order valence-corrected chi connectivity index (χ0v) is 42.7. The van der Waals surface area contributed by atoms with Crippen molar-refractivity contribution >= 4 is 68.4 Å². The highest BCUT2D eigenvalue weighted by Crippen LogP contribution is 2.54. The smallest absolute Gasteiger partial charge is 0.297 e. The average molecular weight is 888 g/mol. The van der Waals surface area contributed by atoms with Crippen LogP contribution in [-0.4, -0.2) is 6.71 Å². The van der Waals surface area contributed by atoms with E-state index in [1.54, 1.807) is 0 Å². The number of rotatable bonds is 3. The lowest BCUT2D eigenvalue weighted by Gasteiger charge is -2.45. The molecule has 4 aliphatic rings. The van der Waals surface area contributed by atoms with E-state index >= 15 is 0 Å². The average Bonchev–Trinajstić information content (AvgIpc) is 3.67. The second-order valence-electron chi connectivity index (χ2n) is 25.3.